The van der Waals surface area contributed by atoms with E-state index in [9.17, 15) is 13.0 Å². The summed E-state index contributed by atoms with van der Waals surface area (Å²) in [6.07, 6.45) is 2.98. The molecule has 0 aliphatic heterocycles. The molecule has 0 amide bonds. The number of hydrogen-bond acceptors (Lipinski definition) is 3. The van der Waals surface area contributed by atoms with Crippen LogP contribution in [0.15, 0.2) is 29.9 Å². The molecular formula is C8H9NO3S. The molecule has 1 rings (SSSR count). The largest absolute Gasteiger partial charge is 0.740 e. The number of rotatable bonds is 2. The zero-order valence-corrected chi connectivity index (χ0v) is 7.91. The molecule has 0 aromatic carbocycles. The number of nitrogens with zero attached hydrogens (tertiary/aromatic N) is 1. The van der Waals surface area contributed by atoms with Gasteiger partial charge in [-0.15, -0.1) is 0 Å². The van der Waals surface area contributed by atoms with E-state index in [4.69, 9.17) is 0 Å². The molecule has 0 N–H and O–H groups in total. The fourth-order valence-corrected chi connectivity index (χ4v) is 1.63. The van der Waals surface area contributed by atoms with Crippen molar-refractivity contribution in [2.24, 2.45) is 7.05 Å². The van der Waals surface area contributed by atoms with Crippen molar-refractivity contribution in [1.29, 1.82) is 0 Å². The van der Waals surface area contributed by atoms with Gasteiger partial charge in [0.2, 0.25) is 0 Å². The molecule has 0 aliphatic rings. The molecule has 0 radical (unpaired) electrons. The average Bonchev–Trinajstić information content (AvgIpc) is 2.03. The molecule has 0 saturated heterocycles. The second-order valence-corrected chi connectivity index (χ2v) is 3.89. The van der Waals surface area contributed by atoms with E-state index in [-0.39, 0.29) is 5.03 Å². The second kappa shape index (κ2) is 3.27. The summed E-state index contributed by atoms with van der Waals surface area (Å²) in [6, 6.07) is 2.96. The molecule has 0 fully saturated rings. The Labute approximate surface area is 76.9 Å². The fourth-order valence-electron chi connectivity index (χ4n) is 0.939. The predicted octanol–water partition coefficient (Wildman–Crippen LogP) is 0.0582. The lowest BCUT2D eigenvalue weighted by Gasteiger charge is -2.04. The summed E-state index contributed by atoms with van der Waals surface area (Å²) < 4.78 is 33.4. The van der Waals surface area contributed by atoms with Gasteiger partial charge in [0.1, 0.15) is 7.05 Å². The van der Waals surface area contributed by atoms with Crippen LogP contribution in [-0.4, -0.2) is 13.0 Å². The summed E-state index contributed by atoms with van der Waals surface area (Å²) in [6.45, 7) is 3.48. The van der Waals surface area contributed by atoms with Crippen LogP contribution in [0.3, 0.4) is 0 Å². The van der Waals surface area contributed by atoms with Gasteiger partial charge in [-0.2, -0.15) is 4.57 Å². The van der Waals surface area contributed by atoms with Gasteiger partial charge >= 0.3 is 0 Å². The molecule has 0 atom stereocenters. The van der Waals surface area contributed by atoms with Crippen molar-refractivity contribution < 1.29 is 17.5 Å². The van der Waals surface area contributed by atoms with E-state index in [1.54, 1.807) is 6.07 Å². The van der Waals surface area contributed by atoms with Crippen LogP contribution < -0.4 is 4.57 Å². The van der Waals surface area contributed by atoms with Crippen molar-refractivity contribution in [2.75, 3.05) is 0 Å². The smallest absolute Gasteiger partial charge is 0.285 e. The Morgan fingerprint density at radius 3 is 2.69 bits per heavy atom. The lowest BCUT2D eigenvalue weighted by Crippen LogP contribution is -2.35. The van der Waals surface area contributed by atoms with Gasteiger partial charge in [-0.05, 0) is 5.56 Å². The zero-order valence-electron chi connectivity index (χ0n) is 7.10. The first-order valence-corrected chi connectivity index (χ1v) is 4.94. The van der Waals surface area contributed by atoms with Gasteiger partial charge in [-0.1, -0.05) is 12.7 Å². The molecule has 4 nitrogen and oxygen atoms in total. The third-order valence-electron chi connectivity index (χ3n) is 1.62. The summed E-state index contributed by atoms with van der Waals surface area (Å²) in [5.41, 5.74) is 0.604. The number of pyridine rings is 1. The lowest BCUT2D eigenvalue weighted by atomic mass is 10.3. The van der Waals surface area contributed by atoms with Gasteiger partial charge in [0.05, 0.1) is 0 Å². The maximum Gasteiger partial charge on any atom is 0.285 e. The monoisotopic (exact) mass is 199 g/mol. The molecule has 0 aliphatic carbocycles. The fraction of sp³-hybridized carbons (Fsp3) is 0.125. The third-order valence-corrected chi connectivity index (χ3v) is 2.54. The highest BCUT2D eigenvalue weighted by Crippen LogP contribution is 2.06. The summed E-state index contributed by atoms with van der Waals surface area (Å²) >= 11 is 0. The van der Waals surface area contributed by atoms with E-state index in [0.717, 1.165) is 0 Å². The SMILES string of the molecule is C=Cc1cc[n+](C)c(S(=O)(=O)[O-])c1. The maximum absolute atomic E-state index is 10.7. The molecule has 1 heterocycles. The van der Waals surface area contributed by atoms with Crippen molar-refractivity contribution in [1.82, 2.24) is 0 Å². The molecule has 1 aromatic heterocycles. The molecule has 5 heteroatoms. The highest BCUT2D eigenvalue weighted by Gasteiger charge is 2.13. The van der Waals surface area contributed by atoms with Crippen LogP contribution in [0.4, 0.5) is 0 Å². The molecule has 13 heavy (non-hydrogen) atoms. The van der Waals surface area contributed by atoms with Crippen molar-refractivity contribution >= 4 is 16.2 Å². The van der Waals surface area contributed by atoms with Crippen molar-refractivity contribution in [3.05, 3.63) is 30.5 Å². The second-order valence-electron chi connectivity index (χ2n) is 2.57. The van der Waals surface area contributed by atoms with Crippen LogP contribution in [0.1, 0.15) is 5.56 Å². The van der Waals surface area contributed by atoms with Crippen LogP contribution >= 0.6 is 0 Å². The van der Waals surface area contributed by atoms with E-state index >= 15 is 0 Å². The van der Waals surface area contributed by atoms with E-state index in [2.05, 4.69) is 6.58 Å². The minimum absolute atomic E-state index is 0.259. The van der Waals surface area contributed by atoms with Crippen molar-refractivity contribution in [2.45, 2.75) is 5.03 Å². The minimum Gasteiger partial charge on any atom is -0.740 e. The topological polar surface area (TPSA) is 61.1 Å². The Bertz CT molecular complexity index is 437. The summed E-state index contributed by atoms with van der Waals surface area (Å²) in [7, 11) is -2.90. The Morgan fingerprint density at radius 2 is 2.23 bits per heavy atom. The molecule has 1 aromatic rings. The summed E-state index contributed by atoms with van der Waals surface area (Å²) in [4.78, 5) is 0. The van der Waals surface area contributed by atoms with Gasteiger partial charge in [0.25, 0.3) is 5.03 Å². The zero-order chi connectivity index (χ0) is 10.1. The van der Waals surface area contributed by atoms with E-state index in [1.165, 1.54) is 30.0 Å². The lowest BCUT2D eigenvalue weighted by molar-refractivity contribution is -0.710. The standard InChI is InChI=1S/C8H9NO3S/c1-3-7-4-5-9(2)8(6-7)13(10,11)12/h3-6H,1H2,2H3. The first-order valence-electron chi connectivity index (χ1n) is 3.53. The number of hydrogen-bond donors (Lipinski definition) is 0. The van der Waals surface area contributed by atoms with Crippen LogP contribution in [0.2, 0.25) is 0 Å². The van der Waals surface area contributed by atoms with Crippen molar-refractivity contribution in [3.8, 4) is 0 Å². The van der Waals surface area contributed by atoms with Gasteiger partial charge in [0, 0.05) is 12.1 Å². The number of aromatic nitrogens is 1. The first kappa shape index (κ1) is 9.88. The van der Waals surface area contributed by atoms with Crippen LogP contribution in [0.5, 0.6) is 0 Å². The number of aryl methyl sites for hydroxylation is 1. The van der Waals surface area contributed by atoms with Gasteiger partial charge in [0.15, 0.2) is 16.3 Å². The quantitative estimate of drug-likeness (QED) is 0.499. The van der Waals surface area contributed by atoms with E-state index in [1.807, 2.05) is 0 Å². The normalized spacial score (nSPS) is 11.2. The highest BCUT2D eigenvalue weighted by molar-refractivity contribution is 7.85. The predicted molar refractivity (Wildman–Crippen MR) is 45.7 cm³/mol. The molecule has 0 bridgehead atoms. The van der Waals surface area contributed by atoms with Gasteiger partial charge in [-0.25, -0.2) is 8.42 Å². The Hall–Kier alpha value is -1.20. The maximum atomic E-state index is 10.7. The molecule has 70 valence electrons. The van der Waals surface area contributed by atoms with Crippen LogP contribution in [0.25, 0.3) is 6.08 Å². The van der Waals surface area contributed by atoms with Gasteiger partial charge in [-0.3, -0.25) is 0 Å². The Morgan fingerprint density at radius 1 is 1.62 bits per heavy atom. The summed E-state index contributed by atoms with van der Waals surface area (Å²) in [5, 5.41) is -0.259. The molecule has 0 saturated carbocycles. The highest BCUT2D eigenvalue weighted by atomic mass is 32.2. The van der Waals surface area contributed by atoms with Crippen LogP contribution in [-0.2, 0) is 17.2 Å². The van der Waals surface area contributed by atoms with E-state index in [0.29, 0.717) is 5.56 Å². The van der Waals surface area contributed by atoms with E-state index < -0.39 is 10.1 Å². The minimum atomic E-state index is -4.40. The first-order chi connectivity index (χ1) is 5.95. The summed E-state index contributed by atoms with van der Waals surface area (Å²) in [5.74, 6) is 0. The Balaban J connectivity index is 3.44. The Kier molecular flexibility index (Phi) is 2.49. The third kappa shape index (κ3) is 2.13. The average molecular weight is 199 g/mol. The molecule has 0 unspecified atom stereocenters. The molecular weight excluding hydrogens is 190 g/mol. The molecule has 0 spiro atoms. The van der Waals surface area contributed by atoms with Crippen LogP contribution in [0, 0.1) is 0 Å². The van der Waals surface area contributed by atoms with Gasteiger partial charge < -0.3 is 4.55 Å². The van der Waals surface area contributed by atoms with Crippen molar-refractivity contribution in [3.63, 3.8) is 0 Å².